The minimum absolute atomic E-state index is 0.0268. The molecule has 15 nitrogen and oxygen atoms in total. The van der Waals surface area contributed by atoms with Crippen LogP contribution in [-0.4, -0.2) is 104 Å². The molecular formula is C47H53NO14. The van der Waals surface area contributed by atoms with E-state index in [2.05, 4.69) is 5.32 Å². The fraction of sp³-hybridized carbons (Fsp3) is 0.468. The van der Waals surface area contributed by atoms with Gasteiger partial charge in [-0.15, -0.1) is 0 Å². The summed E-state index contributed by atoms with van der Waals surface area (Å²) in [6.07, 6.45) is -12.0. The third kappa shape index (κ3) is 7.43. The van der Waals surface area contributed by atoms with Crippen LogP contribution in [0.2, 0.25) is 0 Å². The zero-order chi connectivity index (χ0) is 44.9. The van der Waals surface area contributed by atoms with Gasteiger partial charge >= 0.3 is 17.9 Å². The number of aliphatic hydroxyl groups excluding tert-OH is 3. The van der Waals surface area contributed by atoms with Crippen molar-refractivity contribution in [1.29, 1.82) is 0 Å². The number of amides is 1. The maximum absolute atomic E-state index is 15.5. The van der Waals surface area contributed by atoms with Gasteiger partial charge in [0.25, 0.3) is 5.91 Å². The minimum Gasteiger partial charge on any atom is -0.456 e. The molecule has 330 valence electrons. The van der Waals surface area contributed by atoms with Crippen LogP contribution in [0.25, 0.3) is 0 Å². The Morgan fingerprint density at radius 1 is 0.839 bits per heavy atom. The number of carbonyl (C=O) groups is 5. The van der Waals surface area contributed by atoms with Crippen LogP contribution < -0.4 is 5.32 Å². The summed E-state index contributed by atoms with van der Waals surface area (Å²) < 4.78 is 30.6. The number of esters is 3. The highest BCUT2D eigenvalue weighted by Gasteiger charge is 2.78. The van der Waals surface area contributed by atoms with Gasteiger partial charge in [0.1, 0.15) is 17.8 Å². The van der Waals surface area contributed by atoms with Crippen molar-refractivity contribution in [3.8, 4) is 0 Å². The molecule has 0 spiro atoms. The molecule has 5 N–H and O–H groups in total. The number of ketones is 1. The van der Waals surface area contributed by atoms with E-state index in [9.17, 15) is 39.6 Å². The number of rotatable bonds is 11. The van der Waals surface area contributed by atoms with E-state index in [4.69, 9.17) is 23.7 Å². The van der Waals surface area contributed by atoms with Gasteiger partial charge in [-0.1, -0.05) is 92.7 Å². The van der Waals surface area contributed by atoms with Crippen LogP contribution in [0.4, 0.5) is 0 Å². The first kappa shape index (κ1) is 44.8. The summed E-state index contributed by atoms with van der Waals surface area (Å²) in [7, 11) is 0. The molecule has 1 saturated heterocycles. The topological polar surface area (TPSA) is 224 Å². The van der Waals surface area contributed by atoms with Crippen LogP contribution >= 0.6 is 0 Å². The number of ether oxygens (including phenoxy) is 5. The van der Waals surface area contributed by atoms with Gasteiger partial charge in [0, 0.05) is 49.1 Å². The number of hydrogen-bond acceptors (Lipinski definition) is 14. The van der Waals surface area contributed by atoms with Crippen molar-refractivity contribution in [3.63, 3.8) is 0 Å². The average molecular weight is 856 g/mol. The fourth-order valence-corrected chi connectivity index (χ4v) is 10.3. The number of benzene rings is 3. The molecule has 2 saturated carbocycles. The Balaban J connectivity index is 1.39. The Morgan fingerprint density at radius 2 is 1.42 bits per heavy atom. The molecule has 0 aromatic heterocycles. The predicted molar refractivity (Wildman–Crippen MR) is 218 cm³/mol. The number of aliphatic hydroxyl groups is 4. The van der Waals surface area contributed by atoms with Crippen molar-refractivity contribution in [3.05, 3.63) is 119 Å². The summed E-state index contributed by atoms with van der Waals surface area (Å²) in [5.74, 6) is -5.76. The third-order valence-electron chi connectivity index (χ3n) is 13.6. The second-order valence-corrected chi connectivity index (χ2v) is 17.5. The Hall–Kier alpha value is -5.29. The van der Waals surface area contributed by atoms with E-state index in [1.165, 1.54) is 13.8 Å². The highest BCUT2D eigenvalue weighted by atomic mass is 16.6. The van der Waals surface area contributed by atoms with Crippen LogP contribution in [-0.2, 0) is 42.9 Å². The summed E-state index contributed by atoms with van der Waals surface area (Å²) in [6, 6.07) is 23.4. The lowest BCUT2D eigenvalue weighted by molar-refractivity contribution is -0.361. The summed E-state index contributed by atoms with van der Waals surface area (Å²) in [5.41, 5.74) is -6.57. The molecule has 15 heteroatoms. The number of hydrogen-bond donors (Lipinski definition) is 5. The first-order chi connectivity index (χ1) is 29.3. The van der Waals surface area contributed by atoms with Crippen LogP contribution in [0.15, 0.2) is 102 Å². The molecule has 6 unspecified atom stereocenters. The summed E-state index contributed by atoms with van der Waals surface area (Å²) in [4.78, 5) is 69.3. The first-order valence-electron chi connectivity index (χ1n) is 20.6. The molecular weight excluding hydrogens is 803 g/mol. The predicted octanol–water partition coefficient (Wildman–Crippen LogP) is 3.59. The Kier molecular flexibility index (Phi) is 12.1. The Labute approximate surface area is 359 Å². The molecule has 4 aliphatic rings. The molecule has 12 atom stereocenters. The zero-order valence-electron chi connectivity index (χ0n) is 35.3. The van der Waals surface area contributed by atoms with Crippen molar-refractivity contribution >= 4 is 29.6 Å². The van der Waals surface area contributed by atoms with Crippen LogP contribution in [0, 0.1) is 16.7 Å². The maximum Gasteiger partial charge on any atom is 0.338 e. The van der Waals surface area contributed by atoms with E-state index in [1.807, 2.05) is 0 Å². The van der Waals surface area contributed by atoms with Gasteiger partial charge in [-0.2, -0.15) is 0 Å². The maximum atomic E-state index is 15.5. The molecule has 1 heterocycles. The molecule has 1 amide bonds. The molecule has 3 fully saturated rings. The molecule has 3 aliphatic carbocycles. The smallest absolute Gasteiger partial charge is 0.338 e. The minimum atomic E-state index is -2.33. The number of Topliss-reactive ketones (excluding diaryl/α,β-unsaturated/α-hetero) is 1. The number of fused-ring (bicyclic) bond motifs is 5. The molecule has 3 aromatic rings. The van der Waals surface area contributed by atoms with Gasteiger partial charge in [0.05, 0.1) is 30.3 Å². The lowest BCUT2D eigenvalue weighted by Gasteiger charge is -2.68. The largest absolute Gasteiger partial charge is 0.456 e. The molecule has 7 rings (SSSR count). The zero-order valence-corrected chi connectivity index (χ0v) is 35.3. The second kappa shape index (κ2) is 16.8. The van der Waals surface area contributed by atoms with Crippen molar-refractivity contribution in [2.75, 3.05) is 6.61 Å². The van der Waals surface area contributed by atoms with Crippen molar-refractivity contribution in [2.24, 2.45) is 16.7 Å². The SMILES string of the molecule is CC(=O)O[C@H]1C(=O)[C@@]2(C)C(C(OC(O)c3ccccc3)[C@]3(O)CC(OC(=O)[C@H](O)C(NC(=O)c4ccccc4)c4ccccc4)C(C)=C1C3(C)C)[C@]1(OC(C)=O)COC1C[C@@H]2O. The van der Waals surface area contributed by atoms with Gasteiger partial charge in [-0.3, -0.25) is 19.2 Å². The first-order valence-corrected chi connectivity index (χ1v) is 20.6. The number of carbonyl (C=O) groups excluding carboxylic acids is 5. The quantitative estimate of drug-likeness (QED) is 0.0805. The fourth-order valence-electron chi connectivity index (χ4n) is 10.3. The van der Waals surface area contributed by atoms with E-state index >= 15 is 4.79 Å². The monoisotopic (exact) mass is 855 g/mol. The van der Waals surface area contributed by atoms with Crippen LogP contribution in [0.3, 0.4) is 0 Å². The van der Waals surface area contributed by atoms with E-state index in [0.717, 1.165) is 6.92 Å². The average Bonchev–Trinajstić information content (AvgIpc) is 3.24. The Morgan fingerprint density at radius 3 is 1.97 bits per heavy atom. The van der Waals surface area contributed by atoms with Crippen molar-refractivity contribution in [1.82, 2.24) is 5.32 Å². The lowest BCUT2D eigenvalue weighted by Crippen LogP contribution is -2.81. The van der Waals surface area contributed by atoms with Crippen molar-refractivity contribution in [2.45, 2.75) is 115 Å². The van der Waals surface area contributed by atoms with E-state index in [1.54, 1.807) is 112 Å². The Bertz CT molecular complexity index is 2230. The van der Waals surface area contributed by atoms with E-state index in [-0.39, 0.29) is 35.3 Å². The van der Waals surface area contributed by atoms with Crippen LogP contribution in [0.1, 0.15) is 88.2 Å². The summed E-state index contributed by atoms with van der Waals surface area (Å²) >= 11 is 0. The third-order valence-corrected chi connectivity index (χ3v) is 13.6. The molecule has 0 radical (unpaired) electrons. The lowest BCUT2D eigenvalue weighted by atomic mass is 9.44. The van der Waals surface area contributed by atoms with E-state index < -0.39 is 113 Å². The second-order valence-electron chi connectivity index (χ2n) is 17.5. The highest BCUT2D eigenvalue weighted by molar-refractivity contribution is 5.96. The van der Waals surface area contributed by atoms with Gasteiger partial charge in [-0.05, 0) is 42.7 Å². The van der Waals surface area contributed by atoms with E-state index in [0.29, 0.717) is 5.56 Å². The van der Waals surface area contributed by atoms with Crippen LogP contribution in [0.5, 0.6) is 0 Å². The molecule has 1 aliphatic heterocycles. The van der Waals surface area contributed by atoms with Crippen molar-refractivity contribution < 1.29 is 68.1 Å². The highest BCUT2D eigenvalue weighted by Crippen LogP contribution is 2.64. The molecule has 3 aromatic carbocycles. The van der Waals surface area contributed by atoms with Gasteiger partial charge < -0.3 is 49.4 Å². The normalized spacial score (nSPS) is 32.5. The van der Waals surface area contributed by atoms with Gasteiger partial charge in [-0.25, -0.2) is 4.79 Å². The molecule has 62 heavy (non-hydrogen) atoms. The number of nitrogens with one attached hydrogen (secondary N) is 1. The molecule has 2 bridgehead atoms. The summed E-state index contributed by atoms with van der Waals surface area (Å²) in [6.45, 7) is 8.14. The van der Waals surface area contributed by atoms with Gasteiger partial charge in [0.2, 0.25) is 0 Å². The van der Waals surface area contributed by atoms with Gasteiger partial charge in [0.15, 0.2) is 29.9 Å². The standard InChI is InChI=1S/C47H53NO14/c1-25-31(60-43(56)36(52)35(28-16-10-7-11-17-28)48-41(54)29-18-12-8-13-19-29)23-47(57)40(61-42(55)30-20-14-9-15-21-30)38-45(6,32(51)22-33-46(38,24-58-33)62-27(3)50)39(53)37(59-26(2)49)34(25)44(47,4)5/h7-21,31-33,35-38,40,42,51-52,55,57H,22-24H2,1-6H3,(H,48,54)/t31?,32-,33?,35?,36+,37+,38?,40?,42?,45+,46-,47+/m0/s1. The summed E-state index contributed by atoms with van der Waals surface area (Å²) in [5, 5.41) is 52.2.